The molecule has 20 heavy (non-hydrogen) atoms. The number of ether oxygens (including phenoxy) is 2. The molecule has 108 valence electrons. The highest BCUT2D eigenvalue weighted by atomic mass is 33.1. The summed E-state index contributed by atoms with van der Waals surface area (Å²) in [6.45, 7) is 0. The zero-order chi connectivity index (χ0) is 14.3. The molecule has 0 spiro atoms. The third-order valence-electron chi connectivity index (χ3n) is 3.65. The molecule has 7 heteroatoms. The number of nitrogens with two attached hydrogens (primary N) is 1. The predicted molar refractivity (Wildman–Crippen MR) is 82.6 cm³/mol. The van der Waals surface area contributed by atoms with Crippen molar-refractivity contribution in [2.24, 2.45) is 5.73 Å². The number of benzene rings is 1. The first kappa shape index (κ1) is 13.9. The summed E-state index contributed by atoms with van der Waals surface area (Å²) in [5, 5.41) is 0.152. The van der Waals surface area contributed by atoms with E-state index >= 15 is 0 Å². The van der Waals surface area contributed by atoms with Gasteiger partial charge in [0.05, 0.1) is 37.2 Å². The van der Waals surface area contributed by atoms with Gasteiger partial charge in [0.15, 0.2) is 0 Å². The Morgan fingerprint density at radius 1 is 1.35 bits per heavy atom. The zero-order valence-electron chi connectivity index (χ0n) is 11.2. The largest absolute Gasteiger partial charge is 0.497 e. The minimum atomic E-state index is -0.438. The molecule has 0 radical (unpaired) electrons. The third-order valence-corrected chi connectivity index (χ3v) is 6.58. The zero-order valence-corrected chi connectivity index (χ0v) is 12.9. The second-order valence-electron chi connectivity index (χ2n) is 4.68. The van der Waals surface area contributed by atoms with Gasteiger partial charge in [-0.15, -0.1) is 0 Å². The Morgan fingerprint density at radius 2 is 2.15 bits per heavy atom. The lowest BCUT2D eigenvalue weighted by molar-refractivity contribution is -0.118. The number of anilines is 1. The van der Waals surface area contributed by atoms with Crippen LogP contribution in [0.1, 0.15) is 0 Å². The minimum absolute atomic E-state index is 0.0312. The van der Waals surface area contributed by atoms with Gasteiger partial charge in [0.25, 0.3) is 0 Å². The molecule has 2 saturated heterocycles. The first-order valence-corrected chi connectivity index (χ1v) is 8.64. The highest BCUT2D eigenvalue weighted by molar-refractivity contribution is 8.77. The van der Waals surface area contributed by atoms with Gasteiger partial charge in [-0.1, -0.05) is 21.6 Å². The van der Waals surface area contributed by atoms with Gasteiger partial charge >= 0.3 is 0 Å². The monoisotopic (exact) mass is 312 g/mol. The average molecular weight is 312 g/mol. The Hall–Kier alpha value is -1.05. The molecule has 1 aromatic rings. The molecule has 1 amide bonds. The molecule has 2 aliphatic heterocycles. The molecule has 2 N–H and O–H groups in total. The highest BCUT2D eigenvalue weighted by Crippen LogP contribution is 2.48. The van der Waals surface area contributed by atoms with Crippen LogP contribution in [0.2, 0.25) is 0 Å². The van der Waals surface area contributed by atoms with Crippen LogP contribution in [0, 0.1) is 0 Å². The van der Waals surface area contributed by atoms with Crippen molar-refractivity contribution in [2.45, 2.75) is 17.3 Å². The van der Waals surface area contributed by atoms with E-state index in [0.717, 1.165) is 11.4 Å². The quantitative estimate of drug-likeness (QED) is 0.854. The highest BCUT2D eigenvalue weighted by Gasteiger charge is 2.51. The van der Waals surface area contributed by atoms with Gasteiger partial charge in [-0.25, -0.2) is 0 Å². The van der Waals surface area contributed by atoms with Crippen molar-refractivity contribution in [3.63, 3.8) is 0 Å². The lowest BCUT2D eigenvalue weighted by atomic mass is 10.2. The van der Waals surface area contributed by atoms with Crippen LogP contribution in [0.25, 0.3) is 0 Å². The molecule has 5 nitrogen and oxygen atoms in total. The van der Waals surface area contributed by atoms with Gasteiger partial charge in [0.1, 0.15) is 11.5 Å². The van der Waals surface area contributed by atoms with E-state index in [1.165, 1.54) is 0 Å². The Labute approximate surface area is 125 Å². The summed E-state index contributed by atoms with van der Waals surface area (Å²) in [6, 6.07) is 5.18. The van der Waals surface area contributed by atoms with Crippen molar-refractivity contribution in [1.82, 2.24) is 0 Å². The molecule has 3 atom stereocenters. The molecular formula is C13H16N2O3S2. The van der Waals surface area contributed by atoms with Gasteiger partial charge in [-0.2, -0.15) is 0 Å². The Bertz CT molecular complexity index is 540. The number of nitrogens with zero attached hydrogens (tertiary/aromatic N) is 1. The van der Waals surface area contributed by atoms with E-state index in [1.54, 1.807) is 46.8 Å². The molecule has 2 aliphatic rings. The normalized spacial score (nSPS) is 28.6. The molecule has 0 saturated carbocycles. The minimum Gasteiger partial charge on any atom is -0.497 e. The van der Waals surface area contributed by atoms with Gasteiger partial charge in [0, 0.05) is 11.8 Å². The molecular weight excluding hydrogens is 296 g/mol. The van der Waals surface area contributed by atoms with E-state index in [-0.39, 0.29) is 17.2 Å². The number of hydrogen-bond donors (Lipinski definition) is 1. The van der Waals surface area contributed by atoms with E-state index in [0.29, 0.717) is 11.5 Å². The third kappa shape index (κ3) is 2.04. The summed E-state index contributed by atoms with van der Waals surface area (Å²) in [6.07, 6.45) is 0. The molecule has 2 heterocycles. The number of fused-ring (bicyclic) bond motifs is 1. The summed E-state index contributed by atoms with van der Waals surface area (Å²) in [4.78, 5) is 14.2. The SMILES string of the molecule is COc1ccc(N2C(=O)C(N)C3SSCC32)c(OC)c1. The van der Waals surface area contributed by atoms with E-state index in [9.17, 15) is 4.79 Å². The number of rotatable bonds is 3. The Morgan fingerprint density at radius 3 is 2.85 bits per heavy atom. The van der Waals surface area contributed by atoms with Gasteiger partial charge in [0.2, 0.25) is 5.91 Å². The van der Waals surface area contributed by atoms with Gasteiger partial charge < -0.3 is 20.1 Å². The Balaban J connectivity index is 2.01. The van der Waals surface area contributed by atoms with Gasteiger partial charge in [-0.05, 0) is 12.1 Å². The molecule has 3 rings (SSSR count). The number of amides is 1. The van der Waals surface area contributed by atoms with Crippen molar-refractivity contribution < 1.29 is 14.3 Å². The standard InChI is InChI=1S/C13H16N2O3S2/c1-17-7-3-4-8(10(5-7)18-2)15-9-6-19-20-12(9)11(14)13(15)16/h3-5,9,11-12H,6,14H2,1-2H3. The molecule has 2 fully saturated rings. The maximum atomic E-state index is 12.4. The van der Waals surface area contributed by atoms with Crippen molar-refractivity contribution in [2.75, 3.05) is 24.9 Å². The number of methoxy groups -OCH3 is 2. The van der Waals surface area contributed by atoms with Crippen LogP contribution in [0.4, 0.5) is 5.69 Å². The van der Waals surface area contributed by atoms with E-state index in [4.69, 9.17) is 15.2 Å². The molecule has 0 aromatic heterocycles. The van der Waals surface area contributed by atoms with Crippen LogP contribution in [0.3, 0.4) is 0 Å². The number of carbonyl (C=O) groups is 1. The average Bonchev–Trinajstić information content (AvgIpc) is 3.03. The molecule has 1 aromatic carbocycles. The fourth-order valence-electron chi connectivity index (χ4n) is 2.61. The van der Waals surface area contributed by atoms with E-state index in [2.05, 4.69) is 0 Å². The van der Waals surface area contributed by atoms with Crippen LogP contribution in [0.5, 0.6) is 11.5 Å². The summed E-state index contributed by atoms with van der Waals surface area (Å²) in [5.41, 5.74) is 6.82. The first-order valence-electron chi connectivity index (χ1n) is 6.26. The Kier molecular flexibility index (Phi) is 3.74. The summed E-state index contributed by atoms with van der Waals surface area (Å²) >= 11 is 0. The van der Waals surface area contributed by atoms with Crippen LogP contribution in [-0.2, 0) is 4.79 Å². The van der Waals surface area contributed by atoms with Crippen molar-refractivity contribution in [1.29, 1.82) is 0 Å². The molecule has 3 unspecified atom stereocenters. The van der Waals surface area contributed by atoms with Crippen molar-refractivity contribution in [3.8, 4) is 11.5 Å². The van der Waals surface area contributed by atoms with Crippen LogP contribution in [-0.4, -0.2) is 43.2 Å². The topological polar surface area (TPSA) is 64.8 Å². The second-order valence-corrected chi connectivity index (χ2v) is 7.27. The fourth-order valence-corrected chi connectivity index (χ4v) is 5.92. The predicted octanol–water partition coefficient (Wildman–Crippen LogP) is 1.51. The smallest absolute Gasteiger partial charge is 0.245 e. The van der Waals surface area contributed by atoms with E-state index in [1.807, 2.05) is 12.1 Å². The van der Waals surface area contributed by atoms with Crippen molar-refractivity contribution >= 4 is 33.2 Å². The number of hydrogen-bond acceptors (Lipinski definition) is 6. The maximum Gasteiger partial charge on any atom is 0.245 e. The second kappa shape index (κ2) is 5.38. The lowest BCUT2D eigenvalue weighted by Gasteiger charge is -2.25. The summed E-state index contributed by atoms with van der Waals surface area (Å²) in [7, 11) is 6.67. The number of carbonyl (C=O) groups excluding carboxylic acids is 1. The molecule has 0 bridgehead atoms. The van der Waals surface area contributed by atoms with Crippen LogP contribution >= 0.6 is 21.6 Å². The van der Waals surface area contributed by atoms with Crippen LogP contribution < -0.4 is 20.1 Å². The van der Waals surface area contributed by atoms with Gasteiger partial charge in [-0.3, -0.25) is 4.79 Å². The summed E-state index contributed by atoms with van der Waals surface area (Å²) in [5.74, 6) is 2.20. The lowest BCUT2D eigenvalue weighted by Crippen LogP contribution is -2.37. The summed E-state index contributed by atoms with van der Waals surface area (Å²) < 4.78 is 10.6. The first-order chi connectivity index (χ1) is 9.67. The maximum absolute atomic E-state index is 12.4. The van der Waals surface area contributed by atoms with Crippen LogP contribution in [0.15, 0.2) is 18.2 Å². The van der Waals surface area contributed by atoms with Crippen molar-refractivity contribution in [3.05, 3.63) is 18.2 Å². The fraction of sp³-hybridized carbons (Fsp3) is 0.462. The molecule has 0 aliphatic carbocycles. The van der Waals surface area contributed by atoms with E-state index < -0.39 is 6.04 Å².